The predicted molar refractivity (Wildman–Crippen MR) is 159 cm³/mol. The Kier molecular flexibility index (Phi) is 7.19. The van der Waals surface area contributed by atoms with Gasteiger partial charge >= 0.3 is 0 Å². The summed E-state index contributed by atoms with van der Waals surface area (Å²) in [7, 11) is 1.98. The van der Waals surface area contributed by atoms with Crippen molar-refractivity contribution in [2.45, 2.75) is 12.1 Å². The van der Waals surface area contributed by atoms with E-state index in [1.807, 2.05) is 55.5 Å². The molecule has 1 aliphatic rings. The van der Waals surface area contributed by atoms with Gasteiger partial charge in [0, 0.05) is 49.2 Å². The lowest BCUT2D eigenvalue weighted by Crippen LogP contribution is -2.30. The van der Waals surface area contributed by atoms with Crippen LogP contribution in [0.3, 0.4) is 0 Å². The molecule has 2 aromatic carbocycles. The molecule has 1 fully saturated rings. The van der Waals surface area contributed by atoms with E-state index in [0.29, 0.717) is 22.2 Å². The molecule has 2 N–H and O–H groups in total. The summed E-state index contributed by atoms with van der Waals surface area (Å²) in [6, 6.07) is 23.0. The molecule has 0 saturated carbocycles. The van der Waals surface area contributed by atoms with Crippen LogP contribution in [-0.4, -0.2) is 50.5 Å². The number of nitrogens with zero attached hydrogens (tertiary/aromatic N) is 4. The molecule has 0 radical (unpaired) electrons. The van der Waals surface area contributed by atoms with Crippen molar-refractivity contribution in [2.24, 2.45) is 0 Å². The van der Waals surface area contributed by atoms with E-state index in [0.717, 1.165) is 29.0 Å². The Hall–Kier alpha value is -4.09. The van der Waals surface area contributed by atoms with Crippen molar-refractivity contribution in [3.05, 3.63) is 96.6 Å². The smallest absolute Gasteiger partial charge is 0.229 e. The van der Waals surface area contributed by atoms with E-state index in [1.54, 1.807) is 18.3 Å². The zero-order chi connectivity index (χ0) is 27.7. The van der Waals surface area contributed by atoms with Gasteiger partial charge in [-0.15, -0.1) is 0 Å². The van der Waals surface area contributed by atoms with Crippen molar-refractivity contribution in [1.29, 1.82) is 0 Å². The van der Waals surface area contributed by atoms with Crippen molar-refractivity contribution in [3.8, 4) is 11.4 Å². The molecular formula is C28H30N6O3S2. The summed E-state index contributed by atoms with van der Waals surface area (Å²) in [5, 5.41) is 3.96. The van der Waals surface area contributed by atoms with Crippen molar-refractivity contribution in [2.75, 3.05) is 42.0 Å². The molecule has 5 rings (SSSR count). The molecule has 0 unspecified atom stereocenters. The minimum atomic E-state index is -3.54. The topological polar surface area (TPSA) is 91.7 Å². The van der Waals surface area contributed by atoms with Crippen LogP contribution < -0.4 is 24.6 Å². The minimum absolute atomic E-state index is 0.262. The van der Waals surface area contributed by atoms with E-state index in [1.165, 1.54) is 7.11 Å². The zero-order valence-corrected chi connectivity index (χ0v) is 23.7. The van der Waals surface area contributed by atoms with Crippen LogP contribution in [-0.2, 0) is 10.0 Å². The maximum atomic E-state index is 12.1. The number of thiocarbonyl (C=S) groups is 1. The molecule has 202 valence electrons. The van der Waals surface area contributed by atoms with E-state index in [9.17, 15) is 8.42 Å². The van der Waals surface area contributed by atoms with Crippen LogP contribution >= 0.6 is 12.2 Å². The first-order valence-electron chi connectivity index (χ1n) is 12.3. The van der Waals surface area contributed by atoms with E-state index in [2.05, 4.69) is 54.8 Å². The summed E-state index contributed by atoms with van der Waals surface area (Å²) >= 11 is 5.87. The third-order valence-corrected chi connectivity index (χ3v) is 7.49. The second-order valence-electron chi connectivity index (χ2n) is 9.47. The minimum Gasteiger partial charge on any atom is -0.495 e. The van der Waals surface area contributed by atoms with Gasteiger partial charge in [-0.3, -0.25) is 9.71 Å². The average Bonchev–Trinajstić information content (AvgIpc) is 3.52. The van der Waals surface area contributed by atoms with E-state index >= 15 is 0 Å². The molecule has 1 aliphatic heterocycles. The van der Waals surface area contributed by atoms with Crippen molar-refractivity contribution >= 4 is 44.4 Å². The third kappa shape index (κ3) is 5.41. The van der Waals surface area contributed by atoms with E-state index in [-0.39, 0.29) is 12.1 Å². The van der Waals surface area contributed by atoms with Crippen molar-refractivity contribution < 1.29 is 13.2 Å². The lowest BCUT2D eigenvalue weighted by atomic mass is 10.0. The first-order valence-corrected chi connectivity index (χ1v) is 14.6. The Morgan fingerprint density at radius 3 is 2.41 bits per heavy atom. The summed E-state index contributed by atoms with van der Waals surface area (Å²) < 4.78 is 34.3. The van der Waals surface area contributed by atoms with Gasteiger partial charge in [-0.1, -0.05) is 6.07 Å². The number of benzene rings is 2. The van der Waals surface area contributed by atoms with Crippen molar-refractivity contribution in [3.63, 3.8) is 0 Å². The van der Waals surface area contributed by atoms with Gasteiger partial charge < -0.3 is 24.4 Å². The van der Waals surface area contributed by atoms with E-state index < -0.39 is 10.0 Å². The number of ether oxygens (including phenoxy) is 1. The fraction of sp³-hybridized carbons (Fsp3) is 0.214. The second-order valence-corrected chi connectivity index (χ2v) is 11.6. The molecule has 9 nitrogen and oxygen atoms in total. The summed E-state index contributed by atoms with van der Waals surface area (Å²) in [5.41, 5.74) is 4.98. The van der Waals surface area contributed by atoms with Gasteiger partial charge in [0.25, 0.3) is 0 Å². The molecule has 4 aromatic rings. The lowest BCUT2D eigenvalue weighted by molar-refractivity contribution is 0.417. The molecule has 1 saturated heterocycles. The lowest BCUT2D eigenvalue weighted by Gasteiger charge is -2.29. The van der Waals surface area contributed by atoms with Crippen LogP contribution in [0.15, 0.2) is 85.2 Å². The number of nitrogens with one attached hydrogen (secondary N) is 2. The average molecular weight is 563 g/mol. The van der Waals surface area contributed by atoms with Crippen molar-refractivity contribution in [1.82, 2.24) is 14.9 Å². The normalized spacial score (nSPS) is 17.1. The molecule has 0 amide bonds. The Morgan fingerprint density at radius 2 is 1.77 bits per heavy atom. The van der Waals surface area contributed by atoms with Crippen LogP contribution in [0, 0.1) is 0 Å². The van der Waals surface area contributed by atoms with Gasteiger partial charge in [0.1, 0.15) is 11.8 Å². The maximum Gasteiger partial charge on any atom is 0.229 e. The second kappa shape index (κ2) is 10.6. The molecule has 0 aliphatic carbocycles. The number of sulfonamides is 1. The highest BCUT2D eigenvalue weighted by atomic mass is 32.2. The van der Waals surface area contributed by atoms with Gasteiger partial charge in [-0.25, -0.2) is 8.42 Å². The number of aromatic nitrogens is 2. The Labute approximate surface area is 234 Å². The van der Waals surface area contributed by atoms with Gasteiger partial charge in [-0.2, -0.15) is 0 Å². The van der Waals surface area contributed by atoms with Gasteiger partial charge in [0.2, 0.25) is 10.0 Å². The van der Waals surface area contributed by atoms with Crippen LogP contribution in [0.5, 0.6) is 5.75 Å². The standard InChI is InChI=1S/C28H30N6O3S2/c1-32(2)19-10-12-20(13-11-19)33-17-7-9-24(33)27-26(22-8-5-6-16-29-22)30-28(38)34(27)21-14-15-25(37-3)23(18-21)31-39(4,35)36/h5-18,26-27,31H,1-4H3,(H,30,38)/t26-,27-/m0/s1. The highest BCUT2D eigenvalue weighted by molar-refractivity contribution is 7.92. The molecular weight excluding hydrogens is 532 g/mol. The number of hydrogen-bond acceptors (Lipinski definition) is 6. The van der Waals surface area contributed by atoms with Crippen LogP contribution in [0.1, 0.15) is 23.5 Å². The van der Waals surface area contributed by atoms with Crippen LogP contribution in [0.2, 0.25) is 0 Å². The summed E-state index contributed by atoms with van der Waals surface area (Å²) in [6.45, 7) is 0. The first-order chi connectivity index (χ1) is 18.7. The fourth-order valence-electron chi connectivity index (χ4n) is 4.84. The SMILES string of the molecule is COc1ccc(N2C(=S)N[C@@H](c3ccccn3)[C@@H]2c2cccn2-c2ccc(N(C)C)cc2)cc1NS(C)(=O)=O. The summed E-state index contributed by atoms with van der Waals surface area (Å²) in [4.78, 5) is 8.70. The third-order valence-electron chi connectivity index (χ3n) is 6.58. The quantitative estimate of drug-likeness (QED) is 0.304. The predicted octanol–water partition coefficient (Wildman–Crippen LogP) is 4.50. The highest BCUT2D eigenvalue weighted by Crippen LogP contribution is 2.44. The molecule has 0 bridgehead atoms. The number of rotatable bonds is 8. The maximum absolute atomic E-state index is 12.1. The Balaban J connectivity index is 1.64. The van der Waals surface area contributed by atoms with Crippen LogP contribution in [0.4, 0.5) is 17.1 Å². The molecule has 39 heavy (non-hydrogen) atoms. The number of pyridine rings is 1. The molecule has 0 spiro atoms. The number of hydrogen-bond donors (Lipinski definition) is 2. The summed E-state index contributed by atoms with van der Waals surface area (Å²) in [6.07, 6.45) is 4.90. The van der Waals surface area contributed by atoms with Gasteiger partial charge in [0.05, 0.1) is 30.8 Å². The van der Waals surface area contributed by atoms with E-state index in [4.69, 9.17) is 17.0 Å². The Morgan fingerprint density at radius 1 is 1.03 bits per heavy atom. The molecule has 11 heteroatoms. The first kappa shape index (κ1) is 26.5. The van der Waals surface area contributed by atoms with Crippen LogP contribution in [0.25, 0.3) is 5.69 Å². The summed E-state index contributed by atoms with van der Waals surface area (Å²) in [5.74, 6) is 0.407. The molecule has 3 heterocycles. The zero-order valence-electron chi connectivity index (χ0n) is 22.1. The fourth-order valence-corrected chi connectivity index (χ4v) is 5.75. The van der Waals surface area contributed by atoms with Gasteiger partial charge in [0.15, 0.2) is 5.11 Å². The number of methoxy groups -OCH3 is 1. The monoisotopic (exact) mass is 562 g/mol. The molecule has 2 aromatic heterocycles. The molecule has 2 atom stereocenters. The highest BCUT2D eigenvalue weighted by Gasteiger charge is 2.42. The van der Waals surface area contributed by atoms with Gasteiger partial charge in [-0.05, 0) is 78.9 Å². The largest absolute Gasteiger partial charge is 0.495 e. The number of anilines is 3. The Bertz CT molecular complexity index is 1590.